The van der Waals surface area contributed by atoms with Crippen LogP contribution in [0.1, 0.15) is 17.3 Å². The predicted molar refractivity (Wildman–Crippen MR) is 79.6 cm³/mol. The van der Waals surface area contributed by atoms with Gasteiger partial charge >= 0.3 is 0 Å². The Labute approximate surface area is 129 Å². The molecule has 0 spiro atoms. The van der Waals surface area contributed by atoms with Crippen LogP contribution >= 0.6 is 15.9 Å². The second kappa shape index (κ2) is 6.67. The van der Waals surface area contributed by atoms with Gasteiger partial charge in [-0.25, -0.2) is 8.78 Å². The summed E-state index contributed by atoms with van der Waals surface area (Å²) in [5, 5.41) is 2.52. The minimum atomic E-state index is -0.657. The van der Waals surface area contributed by atoms with Gasteiger partial charge in [0.15, 0.2) is 0 Å². The zero-order valence-electron chi connectivity index (χ0n) is 11.1. The minimum Gasteiger partial charge on any atom is -0.492 e. The Morgan fingerprint density at radius 1 is 1.29 bits per heavy atom. The van der Waals surface area contributed by atoms with Crippen LogP contribution in [0.3, 0.4) is 0 Å². The summed E-state index contributed by atoms with van der Waals surface area (Å²) < 4.78 is 32.5. The van der Waals surface area contributed by atoms with Crippen LogP contribution in [0.25, 0.3) is 0 Å². The third-order valence-electron chi connectivity index (χ3n) is 2.69. The zero-order chi connectivity index (χ0) is 15.4. The number of anilines is 1. The molecule has 2 aromatic rings. The molecule has 0 fully saturated rings. The molecule has 0 unspecified atom stereocenters. The van der Waals surface area contributed by atoms with Gasteiger partial charge in [-0.05, 0) is 47.1 Å². The van der Waals surface area contributed by atoms with E-state index in [1.165, 1.54) is 24.3 Å². The Kier molecular flexibility index (Phi) is 4.90. The number of halogens is 3. The fourth-order valence-corrected chi connectivity index (χ4v) is 2.11. The minimum absolute atomic E-state index is 0.115. The Bertz CT molecular complexity index is 677. The van der Waals surface area contributed by atoms with E-state index in [0.29, 0.717) is 6.61 Å². The zero-order valence-corrected chi connectivity index (χ0v) is 12.7. The SMILES string of the molecule is CCOc1cc(F)ccc1NC(=O)c1cccc(Br)c1F. The first kappa shape index (κ1) is 15.4. The monoisotopic (exact) mass is 355 g/mol. The van der Waals surface area contributed by atoms with E-state index in [1.807, 2.05) is 0 Å². The number of nitrogens with one attached hydrogen (secondary N) is 1. The summed E-state index contributed by atoms with van der Waals surface area (Å²) in [6.45, 7) is 2.06. The number of ether oxygens (including phenoxy) is 1. The molecule has 21 heavy (non-hydrogen) atoms. The van der Waals surface area contributed by atoms with Crippen molar-refractivity contribution in [1.82, 2.24) is 0 Å². The second-order valence-corrected chi connectivity index (χ2v) is 4.98. The van der Waals surface area contributed by atoms with Crippen molar-refractivity contribution in [2.75, 3.05) is 11.9 Å². The van der Waals surface area contributed by atoms with Crippen molar-refractivity contribution >= 4 is 27.5 Å². The van der Waals surface area contributed by atoms with Crippen LogP contribution in [-0.4, -0.2) is 12.5 Å². The molecule has 2 aromatic carbocycles. The molecule has 0 aliphatic heterocycles. The Morgan fingerprint density at radius 2 is 2.05 bits per heavy atom. The fraction of sp³-hybridized carbons (Fsp3) is 0.133. The summed E-state index contributed by atoms with van der Waals surface area (Å²) in [6.07, 6.45) is 0. The van der Waals surface area contributed by atoms with E-state index in [2.05, 4.69) is 21.2 Å². The lowest BCUT2D eigenvalue weighted by molar-refractivity contribution is 0.102. The molecule has 0 radical (unpaired) electrons. The maximum absolute atomic E-state index is 13.9. The van der Waals surface area contributed by atoms with E-state index in [1.54, 1.807) is 13.0 Å². The lowest BCUT2D eigenvalue weighted by atomic mass is 10.2. The Balaban J connectivity index is 2.29. The molecule has 1 amide bonds. The van der Waals surface area contributed by atoms with Gasteiger partial charge < -0.3 is 10.1 Å². The highest BCUT2D eigenvalue weighted by Gasteiger charge is 2.16. The lowest BCUT2D eigenvalue weighted by Gasteiger charge is -2.12. The third-order valence-corrected chi connectivity index (χ3v) is 3.30. The Morgan fingerprint density at radius 3 is 2.76 bits per heavy atom. The number of benzene rings is 2. The topological polar surface area (TPSA) is 38.3 Å². The van der Waals surface area contributed by atoms with Crippen LogP contribution < -0.4 is 10.1 Å². The van der Waals surface area contributed by atoms with E-state index >= 15 is 0 Å². The normalized spacial score (nSPS) is 10.3. The molecule has 0 aliphatic carbocycles. The van der Waals surface area contributed by atoms with Gasteiger partial charge in [0.05, 0.1) is 22.3 Å². The van der Waals surface area contributed by atoms with E-state index in [9.17, 15) is 13.6 Å². The summed E-state index contributed by atoms with van der Waals surface area (Å²) in [5.41, 5.74) is 0.166. The van der Waals surface area contributed by atoms with Gasteiger partial charge in [0.2, 0.25) is 0 Å². The highest BCUT2D eigenvalue weighted by Crippen LogP contribution is 2.27. The van der Waals surface area contributed by atoms with Gasteiger partial charge in [-0.2, -0.15) is 0 Å². The number of carbonyl (C=O) groups is 1. The second-order valence-electron chi connectivity index (χ2n) is 4.13. The van der Waals surface area contributed by atoms with Crippen LogP contribution in [0.4, 0.5) is 14.5 Å². The molecule has 0 aliphatic rings. The van der Waals surface area contributed by atoms with Gasteiger partial charge in [-0.1, -0.05) is 6.07 Å². The molecule has 0 saturated carbocycles. The van der Waals surface area contributed by atoms with Gasteiger partial charge in [-0.3, -0.25) is 4.79 Å². The molecule has 0 saturated heterocycles. The quantitative estimate of drug-likeness (QED) is 0.883. The third kappa shape index (κ3) is 3.58. The van der Waals surface area contributed by atoms with Gasteiger partial charge in [0.1, 0.15) is 17.4 Å². The van der Waals surface area contributed by atoms with E-state index < -0.39 is 17.5 Å². The molecular weight excluding hydrogens is 344 g/mol. The Hall–Kier alpha value is -1.95. The molecule has 1 N–H and O–H groups in total. The molecule has 2 rings (SSSR count). The van der Waals surface area contributed by atoms with E-state index in [-0.39, 0.29) is 21.5 Å². The number of hydrogen-bond acceptors (Lipinski definition) is 2. The lowest BCUT2D eigenvalue weighted by Crippen LogP contribution is -2.15. The van der Waals surface area contributed by atoms with Crippen LogP contribution in [0.5, 0.6) is 5.75 Å². The predicted octanol–water partition coefficient (Wildman–Crippen LogP) is 4.38. The number of hydrogen-bond donors (Lipinski definition) is 1. The van der Waals surface area contributed by atoms with Crippen molar-refractivity contribution in [1.29, 1.82) is 0 Å². The van der Waals surface area contributed by atoms with Crippen LogP contribution in [0, 0.1) is 11.6 Å². The summed E-state index contributed by atoms with van der Waals surface area (Å²) in [7, 11) is 0. The highest BCUT2D eigenvalue weighted by molar-refractivity contribution is 9.10. The van der Waals surface area contributed by atoms with Crippen LogP contribution in [0.15, 0.2) is 40.9 Å². The molecular formula is C15H12BrF2NO2. The summed E-state index contributed by atoms with van der Waals surface area (Å²) in [4.78, 5) is 12.1. The molecule has 0 atom stereocenters. The fourth-order valence-electron chi connectivity index (χ4n) is 1.74. The molecule has 0 aromatic heterocycles. The van der Waals surface area contributed by atoms with Crippen molar-refractivity contribution in [2.24, 2.45) is 0 Å². The van der Waals surface area contributed by atoms with E-state index in [4.69, 9.17) is 4.74 Å². The van der Waals surface area contributed by atoms with Gasteiger partial charge in [0.25, 0.3) is 5.91 Å². The van der Waals surface area contributed by atoms with Crippen molar-refractivity contribution in [2.45, 2.75) is 6.92 Å². The first-order valence-electron chi connectivity index (χ1n) is 6.20. The molecule has 110 valence electrons. The molecule has 3 nitrogen and oxygen atoms in total. The molecule has 0 bridgehead atoms. The van der Waals surface area contributed by atoms with Crippen molar-refractivity contribution < 1.29 is 18.3 Å². The molecule has 6 heteroatoms. The van der Waals surface area contributed by atoms with Crippen molar-refractivity contribution in [3.63, 3.8) is 0 Å². The van der Waals surface area contributed by atoms with Crippen LogP contribution in [0.2, 0.25) is 0 Å². The number of rotatable bonds is 4. The van der Waals surface area contributed by atoms with Crippen LogP contribution in [-0.2, 0) is 0 Å². The average Bonchev–Trinajstić information content (AvgIpc) is 2.45. The number of amides is 1. The molecule has 0 heterocycles. The first-order chi connectivity index (χ1) is 10.0. The van der Waals surface area contributed by atoms with E-state index in [0.717, 1.165) is 6.07 Å². The maximum atomic E-state index is 13.9. The smallest absolute Gasteiger partial charge is 0.258 e. The van der Waals surface area contributed by atoms with Crippen molar-refractivity contribution in [3.8, 4) is 5.75 Å². The van der Waals surface area contributed by atoms with Crippen molar-refractivity contribution in [3.05, 3.63) is 58.1 Å². The van der Waals surface area contributed by atoms with Gasteiger partial charge in [-0.15, -0.1) is 0 Å². The average molecular weight is 356 g/mol. The number of carbonyl (C=O) groups excluding carboxylic acids is 1. The maximum Gasteiger partial charge on any atom is 0.258 e. The standard InChI is InChI=1S/C15H12BrF2NO2/c1-2-21-13-8-9(17)6-7-12(13)19-15(20)10-4-3-5-11(16)14(10)18/h3-8H,2H2,1H3,(H,19,20). The largest absolute Gasteiger partial charge is 0.492 e. The van der Waals surface area contributed by atoms with Gasteiger partial charge in [0, 0.05) is 6.07 Å². The summed E-state index contributed by atoms with van der Waals surface area (Å²) >= 11 is 3.02. The summed E-state index contributed by atoms with van der Waals surface area (Å²) in [5.74, 6) is -1.58. The highest BCUT2D eigenvalue weighted by atomic mass is 79.9. The summed E-state index contributed by atoms with van der Waals surface area (Å²) in [6, 6.07) is 8.13. The first-order valence-corrected chi connectivity index (χ1v) is 7.00.